The number of hydrogen-bond donors (Lipinski definition) is 2. The smallest absolute Gasteiger partial charge is 0.262 e. The largest absolute Gasteiger partial charge is 0.493 e. The molecular weight excluding hydrogens is 558 g/mol. The van der Waals surface area contributed by atoms with Gasteiger partial charge in [0.2, 0.25) is 5.91 Å². The normalized spacial score (nSPS) is 16.3. The van der Waals surface area contributed by atoms with Crippen LogP contribution in [0.1, 0.15) is 69.3 Å². The predicted octanol–water partition coefficient (Wildman–Crippen LogP) is 7.17. The van der Waals surface area contributed by atoms with Crippen molar-refractivity contribution in [3.05, 3.63) is 108 Å². The summed E-state index contributed by atoms with van der Waals surface area (Å²) in [6, 6.07) is 28.4. The Labute approximate surface area is 257 Å². The lowest BCUT2D eigenvalue weighted by Crippen LogP contribution is -2.40. The van der Waals surface area contributed by atoms with Crippen molar-refractivity contribution in [2.24, 2.45) is 0 Å². The minimum Gasteiger partial charge on any atom is -0.493 e. The van der Waals surface area contributed by atoms with Crippen molar-refractivity contribution in [2.45, 2.75) is 64.7 Å². The van der Waals surface area contributed by atoms with Gasteiger partial charge in [-0.15, -0.1) is 0 Å². The Morgan fingerprint density at radius 3 is 2.42 bits per heavy atom. The molecule has 1 heterocycles. The van der Waals surface area contributed by atoms with E-state index in [0.717, 1.165) is 40.7 Å². The molecule has 4 aromatic carbocycles. The van der Waals surface area contributed by atoms with Crippen molar-refractivity contribution in [3.8, 4) is 5.75 Å². The molecule has 0 spiro atoms. The lowest BCUT2D eigenvalue weighted by atomic mass is 9.97. The van der Waals surface area contributed by atoms with E-state index < -0.39 is 17.3 Å². The van der Waals surface area contributed by atoms with Crippen LogP contribution in [0.5, 0.6) is 5.75 Å². The van der Waals surface area contributed by atoms with Crippen molar-refractivity contribution in [3.63, 3.8) is 0 Å². The van der Waals surface area contributed by atoms with E-state index in [2.05, 4.69) is 56.1 Å². The molecule has 4 aromatic rings. The number of nitrogens with zero attached hydrogens (tertiary/aromatic N) is 2. The number of fused-ring (bicyclic) bond motifs is 2. The van der Waals surface area contributed by atoms with Crippen LogP contribution >= 0.6 is 0 Å². The van der Waals surface area contributed by atoms with E-state index in [1.165, 1.54) is 9.87 Å². The van der Waals surface area contributed by atoms with Crippen molar-refractivity contribution >= 4 is 33.6 Å². The summed E-state index contributed by atoms with van der Waals surface area (Å²) in [7, 11) is 0. The Bertz CT molecular complexity index is 1590. The molecule has 1 aliphatic heterocycles. The quantitative estimate of drug-likeness (QED) is 0.189. The van der Waals surface area contributed by atoms with Gasteiger partial charge in [0.25, 0.3) is 11.3 Å². The zero-order valence-electron chi connectivity index (χ0n) is 25.3. The van der Waals surface area contributed by atoms with Gasteiger partial charge in [-0.05, 0) is 67.4 Å². The van der Waals surface area contributed by atoms with Crippen LogP contribution in [-0.4, -0.2) is 38.3 Å². The zero-order valence-corrected chi connectivity index (χ0v) is 26.1. The van der Waals surface area contributed by atoms with E-state index in [9.17, 15) is 13.6 Å². The van der Waals surface area contributed by atoms with Crippen LogP contribution < -0.4 is 14.4 Å². The van der Waals surface area contributed by atoms with Crippen LogP contribution in [0, 0.1) is 0 Å². The molecule has 8 heteroatoms. The van der Waals surface area contributed by atoms with Crippen molar-refractivity contribution < 1.29 is 18.3 Å². The standard InChI is InChI=1S/C35H41N3O4S/c1-5-37(35(2,3)4)24-25-15-18-30-31(19-20-42-33(30)21-25)36-34(39)23-32(27-12-7-6-8-13-27)38(43(40)41)29-17-16-26-11-9-10-14-28(26)22-29/h6-18,21-22,31-32H,5,19-20,23-24H2,1-4H3,(H,36,39)(H,40,41). The fourth-order valence-corrected chi connectivity index (χ4v) is 6.57. The Hall–Kier alpha value is -3.72. The third kappa shape index (κ3) is 7.26. The lowest BCUT2D eigenvalue weighted by Gasteiger charge is -2.35. The van der Waals surface area contributed by atoms with E-state index in [4.69, 9.17) is 4.74 Å². The number of nitrogens with one attached hydrogen (secondary N) is 1. The molecule has 7 nitrogen and oxygen atoms in total. The van der Waals surface area contributed by atoms with Crippen LogP contribution in [0.15, 0.2) is 91.0 Å². The summed E-state index contributed by atoms with van der Waals surface area (Å²) in [5, 5.41) is 5.20. The average Bonchev–Trinajstić information content (AvgIpc) is 2.99. The highest BCUT2D eigenvalue weighted by Gasteiger charge is 2.30. The van der Waals surface area contributed by atoms with Gasteiger partial charge in [0.1, 0.15) is 5.75 Å². The topological polar surface area (TPSA) is 82.1 Å². The van der Waals surface area contributed by atoms with Crippen molar-refractivity contribution in [1.82, 2.24) is 10.2 Å². The van der Waals surface area contributed by atoms with Crippen LogP contribution in [0.2, 0.25) is 0 Å². The van der Waals surface area contributed by atoms with Gasteiger partial charge < -0.3 is 10.1 Å². The molecule has 0 fully saturated rings. The number of hydrogen-bond acceptors (Lipinski definition) is 4. The number of ether oxygens (including phenoxy) is 1. The first-order valence-corrected chi connectivity index (χ1v) is 15.9. The molecule has 0 bridgehead atoms. The number of rotatable bonds is 10. The van der Waals surface area contributed by atoms with E-state index >= 15 is 0 Å². The molecule has 1 amide bonds. The van der Waals surface area contributed by atoms with E-state index in [0.29, 0.717) is 18.7 Å². The van der Waals surface area contributed by atoms with Gasteiger partial charge in [-0.1, -0.05) is 79.7 Å². The maximum atomic E-state index is 13.7. The average molecular weight is 600 g/mol. The van der Waals surface area contributed by atoms with Gasteiger partial charge in [0.05, 0.1) is 30.8 Å². The third-order valence-corrected chi connectivity index (χ3v) is 8.96. The minimum atomic E-state index is -2.37. The summed E-state index contributed by atoms with van der Waals surface area (Å²) in [4.78, 5) is 16.1. The van der Waals surface area contributed by atoms with Gasteiger partial charge in [0.15, 0.2) is 0 Å². The minimum absolute atomic E-state index is 0.00492. The molecule has 0 saturated carbocycles. The van der Waals surface area contributed by atoms with Gasteiger partial charge in [-0.2, -0.15) is 0 Å². The molecule has 0 radical (unpaired) electrons. The summed E-state index contributed by atoms with van der Waals surface area (Å²) in [5.41, 5.74) is 3.53. The predicted molar refractivity (Wildman–Crippen MR) is 174 cm³/mol. The number of benzene rings is 4. The summed E-state index contributed by atoms with van der Waals surface area (Å²) >= 11 is -2.37. The Balaban J connectivity index is 1.38. The second kappa shape index (κ2) is 13.3. The second-order valence-electron chi connectivity index (χ2n) is 12.0. The SMILES string of the molecule is CCN(Cc1ccc2c(c1)OCCC2NC(=O)CC(c1ccccc1)N(c1ccc2ccccc2c1)S(=O)O)C(C)(C)C. The maximum absolute atomic E-state index is 13.7. The van der Waals surface area contributed by atoms with E-state index in [-0.39, 0.29) is 23.9 Å². The molecule has 1 aliphatic rings. The fourth-order valence-electron chi connectivity index (χ4n) is 5.86. The number of amides is 1. The molecule has 0 aliphatic carbocycles. The molecule has 5 rings (SSSR count). The van der Waals surface area contributed by atoms with Gasteiger partial charge in [-0.3, -0.25) is 18.6 Å². The molecule has 3 unspecified atom stereocenters. The fraction of sp³-hybridized carbons (Fsp3) is 0.343. The van der Waals surface area contributed by atoms with Crippen LogP contribution in [0.3, 0.4) is 0 Å². The lowest BCUT2D eigenvalue weighted by molar-refractivity contribution is -0.122. The van der Waals surface area contributed by atoms with Crippen LogP contribution in [-0.2, 0) is 22.6 Å². The summed E-state index contributed by atoms with van der Waals surface area (Å²) in [6.45, 7) is 11.1. The summed E-state index contributed by atoms with van der Waals surface area (Å²) < 4.78 is 30.9. The van der Waals surface area contributed by atoms with Crippen LogP contribution in [0.4, 0.5) is 5.69 Å². The van der Waals surface area contributed by atoms with E-state index in [1.807, 2.05) is 72.8 Å². The van der Waals surface area contributed by atoms with Crippen molar-refractivity contribution in [2.75, 3.05) is 17.5 Å². The number of anilines is 1. The first-order valence-electron chi connectivity index (χ1n) is 14.9. The molecule has 0 aromatic heterocycles. The van der Waals surface area contributed by atoms with Crippen molar-refractivity contribution in [1.29, 1.82) is 0 Å². The Morgan fingerprint density at radius 2 is 1.72 bits per heavy atom. The van der Waals surface area contributed by atoms with E-state index in [1.54, 1.807) is 0 Å². The first kappa shape index (κ1) is 30.7. The van der Waals surface area contributed by atoms with Gasteiger partial charge in [-0.25, -0.2) is 4.21 Å². The highest BCUT2D eigenvalue weighted by molar-refractivity contribution is 7.80. The molecule has 226 valence electrons. The number of carbonyl (C=O) groups is 1. The summed E-state index contributed by atoms with van der Waals surface area (Å²) in [6.07, 6.45) is 0.655. The highest BCUT2D eigenvalue weighted by atomic mass is 32.2. The second-order valence-corrected chi connectivity index (χ2v) is 12.9. The monoisotopic (exact) mass is 599 g/mol. The molecule has 3 atom stereocenters. The van der Waals surface area contributed by atoms with Gasteiger partial charge >= 0.3 is 0 Å². The Kier molecular flexibility index (Phi) is 9.49. The summed E-state index contributed by atoms with van der Waals surface area (Å²) in [5.74, 6) is 0.602. The number of carbonyl (C=O) groups excluding carboxylic acids is 1. The molecule has 0 saturated heterocycles. The molecule has 2 N–H and O–H groups in total. The van der Waals surface area contributed by atoms with Gasteiger partial charge in [0, 0.05) is 24.1 Å². The zero-order chi connectivity index (χ0) is 30.6. The van der Waals surface area contributed by atoms with Crippen LogP contribution in [0.25, 0.3) is 10.8 Å². The third-order valence-electron chi connectivity index (χ3n) is 8.16. The molecule has 43 heavy (non-hydrogen) atoms. The highest BCUT2D eigenvalue weighted by Crippen LogP contribution is 2.36. The molecular formula is C35H41N3O4S. The maximum Gasteiger partial charge on any atom is 0.262 e. The Morgan fingerprint density at radius 1 is 1.00 bits per heavy atom. The first-order chi connectivity index (χ1) is 20.6.